The average molecular weight is 237 g/mol. The number of rotatable bonds is 3. The molecule has 0 saturated carbocycles. The molecule has 1 heterocycles. The van der Waals surface area contributed by atoms with E-state index in [1.165, 1.54) is 0 Å². The monoisotopic (exact) mass is 237 g/mol. The standard InChI is InChI=1S/C13H19NO3/c1-10-4-5-12(15-2)11(8-10)13(9-14)16-6-3-7-17-13/h4-5,8H,3,6-7,9,14H2,1-2H3. The fraction of sp³-hybridized carbons (Fsp3) is 0.538. The van der Waals surface area contributed by atoms with Gasteiger partial charge in [0.2, 0.25) is 5.79 Å². The van der Waals surface area contributed by atoms with Crippen LogP contribution in [-0.2, 0) is 15.3 Å². The molecule has 0 spiro atoms. The fourth-order valence-electron chi connectivity index (χ4n) is 2.08. The summed E-state index contributed by atoms with van der Waals surface area (Å²) in [7, 11) is 1.64. The summed E-state index contributed by atoms with van der Waals surface area (Å²) >= 11 is 0. The lowest BCUT2D eigenvalue weighted by Crippen LogP contribution is -2.44. The number of methoxy groups -OCH3 is 1. The van der Waals surface area contributed by atoms with Crippen LogP contribution in [0.1, 0.15) is 17.5 Å². The van der Waals surface area contributed by atoms with Gasteiger partial charge in [-0.1, -0.05) is 11.6 Å². The van der Waals surface area contributed by atoms with Crippen molar-refractivity contribution in [2.24, 2.45) is 5.73 Å². The molecule has 4 heteroatoms. The molecule has 0 unspecified atom stereocenters. The van der Waals surface area contributed by atoms with Crippen LogP contribution in [0.4, 0.5) is 0 Å². The third-order valence-electron chi connectivity index (χ3n) is 2.99. The highest BCUT2D eigenvalue weighted by Crippen LogP contribution is 2.36. The second-order valence-corrected chi connectivity index (χ2v) is 4.21. The van der Waals surface area contributed by atoms with E-state index in [-0.39, 0.29) is 6.54 Å². The van der Waals surface area contributed by atoms with E-state index in [1.807, 2.05) is 25.1 Å². The van der Waals surface area contributed by atoms with E-state index in [9.17, 15) is 0 Å². The maximum atomic E-state index is 5.84. The van der Waals surface area contributed by atoms with Crippen molar-refractivity contribution in [3.05, 3.63) is 29.3 Å². The molecule has 1 saturated heterocycles. The van der Waals surface area contributed by atoms with Crippen LogP contribution in [0.5, 0.6) is 5.75 Å². The number of nitrogens with two attached hydrogens (primary N) is 1. The van der Waals surface area contributed by atoms with Gasteiger partial charge in [0, 0.05) is 0 Å². The predicted molar refractivity (Wildman–Crippen MR) is 65.0 cm³/mol. The maximum Gasteiger partial charge on any atom is 0.211 e. The van der Waals surface area contributed by atoms with Gasteiger partial charge >= 0.3 is 0 Å². The quantitative estimate of drug-likeness (QED) is 0.866. The highest BCUT2D eigenvalue weighted by Gasteiger charge is 2.38. The molecule has 2 rings (SSSR count). The molecule has 1 aliphatic heterocycles. The Bertz CT molecular complexity index is 386. The molecule has 4 nitrogen and oxygen atoms in total. The summed E-state index contributed by atoms with van der Waals surface area (Å²) in [5.41, 5.74) is 7.85. The van der Waals surface area contributed by atoms with Crippen LogP contribution >= 0.6 is 0 Å². The highest BCUT2D eigenvalue weighted by atomic mass is 16.7. The molecule has 17 heavy (non-hydrogen) atoms. The Labute approximate surface area is 102 Å². The SMILES string of the molecule is COc1ccc(C)cc1C1(CN)OCCCO1. The van der Waals surface area contributed by atoms with E-state index >= 15 is 0 Å². The van der Waals surface area contributed by atoms with Crippen molar-refractivity contribution < 1.29 is 14.2 Å². The van der Waals surface area contributed by atoms with Crippen LogP contribution in [0.15, 0.2) is 18.2 Å². The van der Waals surface area contributed by atoms with Crippen LogP contribution in [0.3, 0.4) is 0 Å². The van der Waals surface area contributed by atoms with Gasteiger partial charge in [0.15, 0.2) is 0 Å². The van der Waals surface area contributed by atoms with Gasteiger partial charge in [-0.2, -0.15) is 0 Å². The topological polar surface area (TPSA) is 53.7 Å². The van der Waals surface area contributed by atoms with Crippen LogP contribution in [0.2, 0.25) is 0 Å². The fourth-order valence-corrected chi connectivity index (χ4v) is 2.08. The number of hydrogen-bond donors (Lipinski definition) is 1. The van der Waals surface area contributed by atoms with Crippen LogP contribution in [0, 0.1) is 6.92 Å². The minimum absolute atomic E-state index is 0.285. The Hall–Kier alpha value is -1.10. The average Bonchev–Trinajstić information content (AvgIpc) is 2.39. The van der Waals surface area contributed by atoms with Gasteiger partial charge in [-0.05, 0) is 25.5 Å². The summed E-state index contributed by atoms with van der Waals surface area (Å²) < 4.78 is 16.9. The maximum absolute atomic E-state index is 5.84. The lowest BCUT2D eigenvalue weighted by Gasteiger charge is -2.37. The minimum Gasteiger partial charge on any atom is -0.496 e. The lowest BCUT2D eigenvalue weighted by atomic mass is 10.0. The van der Waals surface area contributed by atoms with E-state index in [2.05, 4.69) is 0 Å². The van der Waals surface area contributed by atoms with Gasteiger partial charge in [-0.3, -0.25) is 0 Å². The first kappa shape index (κ1) is 12.4. The molecule has 0 amide bonds. The molecule has 0 atom stereocenters. The molecule has 2 N–H and O–H groups in total. The van der Waals surface area contributed by atoms with Crippen molar-refractivity contribution in [1.82, 2.24) is 0 Å². The number of ether oxygens (including phenoxy) is 3. The van der Waals surface area contributed by atoms with Crippen molar-refractivity contribution in [1.29, 1.82) is 0 Å². The molecular formula is C13H19NO3. The third-order valence-corrected chi connectivity index (χ3v) is 2.99. The summed E-state index contributed by atoms with van der Waals surface area (Å²) in [4.78, 5) is 0. The largest absolute Gasteiger partial charge is 0.496 e. The van der Waals surface area contributed by atoms with E-state index in [0.29, 0.717) is 13.2 Å². The summed E-state index contributed by atoms with van der Waals surface area (Å²) in [5, 5.41) is 0. The first-order valence-corrected chi connectivity index (χ1v) is 5.85. The smallest absolute Gasteiger partial charge is 0.211 e. The second-order valence-electron chi connectivity index (χ2n) is 4.21. The number of hydrogen-bond acceptors (Lipinski definition) is 4. The van der Waals surface area contributed by atoms with Gasteiger partial charge in [0.25, 0.3) is 0 Å². The van der Waals surface area contributed by atoms with Crippen LogP contribution < -0.4 is 10.5 Å². The summed E-state index contributed by atoms with van der Waals surface area (Å²) in [5.74, 6) is -0.0988. The molecule has 1 aromatic rings. The van der Waals surface area contributed by atoms with Gasteiger partial charge < -0.3 is 19.9 Å². The van der Waals surface area contributed by atoms with Crippen molar-refractivity contribution in [3.63, 3.8) is 0 Å². The van der Waals surface area contributed by atoms with Gasteiger partial charge in [0.1, 0.15) is 5.75 Å². The first-order chi connectivity index (χ1) is 8.22. The Kier molecular flexibility index (Phi) is 3.66. The van der Waals surface area contributed by atoms with Gasteiger partial charge in [-0.15, -0.1) is 0 Å². The van der Waals surface area contributed by atoms with Gasteiger partial charge in [0.05, 0.1) is 32.4 Å². The molecule has 0 radical (unpaired) electrons. The molecule has 94 valence electrons. The summed E-state index contributed by atoms with van der Waals surface area (Å²) in [6, 6.07) is 5.93. The normalized spacial score (nSPS) is 19.0. The molecule has 1 aliphatic rings. The Morgan fingerprint density at radius 1 is 1.35 bits per heavy atom. The van der Waals surface area contributed by atoms with Crippen molar-refractivity contribution in [2.75, 3.05) is 26.9 Å². The van der Waals surface area contributed by atoms with Gasteiger partial charge in [-0.25, -0.2) is 0 Å². The molecule has 0 bridgehead atoms. The Morgan fingerprint density at radius 2 is 2.06 bits per heavy atom. The lowest BCUT2D eigenvalue weighted by molar-refractivity contribution is -0.270. The van der Waals surface area contributed by atoms with Crippen molar-refractivity contribution in [2.45, 2.75) is 19.1 Å². The molecule has 1 aromatic carbocycles. The second kappa shape index (κ2) is 5.04. The molecule has 0 aromatic heterocycles. The molecular weight excluding hydrogens is 218 g/mol. The Morgan fingerprint density at radius 3 is 2.65 bits per heavy atom. The number of benzene rings is 1. The minimum atomic E-state index is -0.852. The van der Waals surface area contributed by atoms with E-state index < -0.39 is 5.79 Å². The highest BCUT2D eigenvalue weighted by molar-refractivity contribution is 5.40. The number of aryl methyl sites for hydroxylation is 1. The summed E-state index contributed by atoms with van der Waals surface area (Å²) in [6.45, 7) is 3.63. The first-order valence-electron chi connectivity index (χ1n) is 5.85. The van der Waals surface area contributed by atoms with Crippen molar-refractivity contribution >= 4 is 0 Å². The molecule has 0 aliphatic carbocycles. The van der Waals surface area contributed by atoms with Crippen molar-refractivity contribution in [3.8, 4) is 5.75 Å². The molecule has 1 fully saturated rings. The predicted octanol–water partition coefficient (Wildman–Crippen LogP) is 1.55. The zero-order valence-corrected chi connectivity index (χ0v) is 10.4. The van der Waals surface area contributed by atoms with Crippen LogP contribution in [0.25, 0.3) is 0 Å². The van der Waals surface area contributed by atoms with E-state index in [0.717, 1.165) is 23.3 Å². The van der Waals surface area contributed by atoms with Crippen LogP contribution in [-0.4, -0.2) is 26.9 Å². The zero-order chi connectivity index (χ0) is 12.3. The van der Waals surface area contributed by atoms with E-state index in [4.69, 9.17) is 19.9 Å². The third kappa shape index (κ3) is 2.29. The zero-order valence-electron chi connectivity index (χ0n) is 10.4. The summed E-state index contributed by atoms with van der Waals surface area (Å²) in [6.07, 6.45) is 0.899. The Balaban J connectivity index is 2.44. The van der Waals surface area contributed by atoms with E-state index in [1.54, 1.807) is 7.11 Å².